The second kappa shape index (κ2) is 5.76. The fourth-order valence-corrected chi connectivity index (χ4v) is 4.22. The van der Waals surface area contributed by atoms with Gasteiger partial charge in [0.25, 0.3) is 0 Å². The van der Waals surface area contributed by atoms with Crippen molar-refractivity contribution < 1.29 is 23.8 Å². The van der Waals surface area contributed by atoms with Gasteiger partial charge in [0.15, 0.2) is 17.3 Å². The van der Waals surface area contributed by atoms with E-state index in [2.05, 4.69) is 0 Å². The van der Waals surface area contributed by atoms with Crippen molar-refractivity contribution in [1.29, 1.82) is 0 Å². The summed E-state index contributed by atoms with van der Waals surface area (Å²) in [6, 6.07) is 3.96. The van der Waals surface area contributed by atoms with Crippen LogP contribution in [0, 0.1) is 11.8 Å². The molecule has 130 valence electrons. The molecule has 1 aromatic carbocycles. The molecule has 5 heteroatoms. The molecular formula is C20H20O5. The van der Waals surface area contributed by atoms with Crippen LogP contribution in [0.3, 0.4) is 0 Å². The SMILES string of the molecule is COc1cc2c(cc1OC)C1(C=CC(=O)C=C1)C[C@H]1C(=O)OC[C@@H]1C2. The number of ketones is 1. The third-order valence-corrected chi connectivity index (χ3v) is 5.55. The van der Waals surface area contributed by atoms with Gasteiger partial charge in [0.1, 0.15) is 0 Å². The molecule has 1 aromatic rings. The van der Waals surface area contributed by atoms with Crippen LogP contribution in [-0.4, -0.2) is 32.6 Å². The molecule has 1 spiro atoms. The Hall–Kier alpha value is -2.56. The lowest BCUT2D eigenvalue weighted by Crippen LogP contribution is -2.29. The summed E-state index contributed by atoms with van der Waals surface area (Å²) in [5.41, 5.74) is 1.66. The quantitative estimate of drug-likeness (QED) is 0.774. The van der Waals surface area contributed by atoms with Crippen molar-refractivity contribution in [3.8, 4) is 11.5 Å². The van der Waals surface area contributed by atoms with Crippen LogP contribution < -0.4 is 9.47 Å². The largest absolute Gasteiger partial charge is 0.493 e. The lowest BCUT2D eigenvalue weighted by atomic mass is 9.71. The van der Waals surface area contributed by atoms with Crippen molar-refractivity contribution in [3.63, 3.8) is 0 Å². The number of carbonyl (C=O) groups excluding carboxylic acids is 2. The smallest absolute Gasteiger partial charge is 0.309 e. The van der Waals surface area contributed by atoms with Crippen molar-refractivity contribution in [1.82, 2.24) is 0 Å². The Labute approximate surface area is 146 Å². The summed E-state index contributed by atoms with van der Waals surface area (Å²) in [7, 11) is 3.22. The molecule has 0 bridgehead atoms. The Morgan fingerprint density at radius 3 is 2.44 bits per heavy atom. The average molecular weight is 340 g/mol. The topological polar surface area (TPSA) is 61.8 Å². The second-order valence-electron chi connectivity index (χ2n) is 6.88. The van der Waals surface area contributed by atoms with E-state index >= 15 is 0 Å². The van der Waals surface area contributed by atoms with Gasteiger partial charge in [0.05, 0.1) is 26.7 Å². The third-order valence-electron chi connectivity index (χ3n) is 5.55. The molecule has 2 aliphatic carbocycles. The highest BCUT2D eigenvalue weighted by Gasteiger charge is 2.47. The van der Waals surface area contributed by atoms with E-state index in [1.54, 1.807) is 26.4 Å². The molecule has 0 unspecified atom stereocenters. The third kappa shape index (κ3) is 2.46. The van der Waals surface area contributed by atoms with Gasteiger partial charge in [-0.25, -0.2) is 0 Å². The zero-order valence-corrected chi connectivity index (χ0v) is 14.3. The van der Waals surface area contributed by atoms with Crippen molar-refractivity contribution >= 4 is 11.8 Å². The fourth-order valence-electron chi connectivity index (χ4n) is 4.22. The van der Waals surface area contributed by atoms with Crippen LogP contribution >= 0.6 is 0 Å². The summed E-state index contributed by atoms with van der Waals surface area (Å²) in [5.74, 6) is 1.10. The number of hydrogen-bond acceptors (Lipinski definition) is 5. The maximum absolute atomic E-state index is 12.3. The monoisotopic (exact) mass is 340 g/mol. The van der Waals surface area contributed by atoms with E-state index in [4.69, 9.17) is 14.2 Å². The lowest BCUT2D eigenvalue weighted by molar-refractivity contribution is -0.141. The molecule has 4 rings (SSSR count). The number of carbonyl (C=O) groups is 2. The lowest BCUT2D eigenvalue weighted by Gasteiger charge is -2.32. The maximum atomic E-state index is 12.3. The van der Waals surface area contributed by atoms with Gasteiger partial charge in [-0.1, -0.05) is 12.2 Å². The molecular weight excluding hydrogens is 320 g/mol. The van der Waals surface area contributed by atoms with Crippen LogP contribution in [0.1, 0.15) is 17.5 Å². The molecule has 1 fully saturated rings. The van der Waals surface area contributed by atoms with E-state index in [1.165, 1.54) is 0 Å². The number of hydrogen-bond donors (Lipinski definition) is 0. The Bertz CT molecular complexity index is 789. The molecule has 0 amide bonds. The summed E-state index contributed by atoms with van der Waals surface area (Å²) in [4.78, 5) is 24.0. The van der Waals surface area contributed by atoms with Gasteiger partial charge in [-0.05, 0) is 48.3 Å². The first kappa shape index (κ1) is 15.9. The van der Waals surface area contributed by atoms with E-state index in [0.29, 0.717) is 24.5 Å². The number of methoxy groups -OCH3 is 2. The maximum Gasteiger partial charge on any atom is 0.309 e. The van der Waals surface area contributed by atoms with Crippen molar-refractivity contribution in [2.45, 2.75) is 18.3 Å². The molecule has 1 saturated heterocycles. The first-order valence-corrected chi connectivity index (χ1v) is 8.41. The molecule has 0 N–H and O–H groups in total. The molecule has 0 radical (unpaired) electrons. The van der Waals surface area contributed by atoms with Crippen LogP contribution in [0.4, 0.5) is 0 Å². The number of benzene rings is 1. The molecule has 5 nitrogen and oxygen atoms in total. The summed E-state index contributed by atoms with van der Waals surface area (Å²) in [5, 5.41) is 0. The molecule has 0 aromatic heterocycles. The van der Waals surface area contributed by atoms with E-state index in [9.17, 15) is 9.59 Å². The molecule has 3 aliphatic rings. The second-order valence-corrected chi connectivity index (χ2v) is 6.88. The number of cyclic esters (lactones) is 1. The Balaban J connectivity index is 1.92. The minimum atomic E-state index is -0.508. The van der Waals surface area contributed by atoms with Crippen LogP contribution in [0.2, 0.25) is 0 Å². The zero-order valence-electron chi connectivity index (χ0n) is 14.3. The number of fused-ring (bicyclic) bond motifs is 3. The van der Waals surface area contributed by atoms with Gasteiger partial charge in [-0.2, -0.15) is 0 Å². The zero-order chi connectivity index (χ0) is 17.6. The number of allylic oxidation sites excluding steroid dienone is 4. The van der Waals surface area contributed by atoms with Gasteiger partial charge in [0.2, 0.25) is 0 Å². The first-order chi connectivity index (χ1) is 12.1. The van der Waals surface area contributed by atoms with Gasteiger partial charge in [0, 0.05) is 11.3 Å². The van der Waals surface area contributed by atoms with Gasteiger partial charge >= 0.3 is 5.97 Å². The highest BCUT2D eigenvalue weighted by Crippen LogP contribution is 2.48. The van der Waals surface area contributed by atoms with Crippen molar-refractivity contribution in [2.24, 2.45) is 11.8 Å². The fraction of sp³-hybridized carbons (Fsp3) is 0.400. The highest BCUT2D eigenvalue weighted by atomic mass is 16.5. The predicted molar refractivity (Wildman–Crippen MR) is 90.8 cm³/mol. The Morgan fingerprint density at radius 1 is 1.08 bits per heavy atom. The normalized spacial score (nSPS) is 26.0. The highest BCUT2D eigenvalue weighted by molar-refractivity contribution is 6.01. The van der Waals surface area contributed by atoms with E-state index in [0.717, 1.165) is 17.5 Å². The predicted octanol–water partition coefficient (Wildman–Crippen LogP) is 2.37. The minimum Gasteiger partial charge on any atom is -0.493 e. The van der Waals surface area contributed by atoms with Gasteiger partial charge in [-0.3, -0.25) is 9.59 Å². The molecule has 1 aliphatic heterocycles. The van der Waals surface area contributed by atoms with Crippen molar-refractivity contribution in [2.75, 3.05) is 20.8 Å². The van der Waals surface area contributed by atoms with E-state index in [-0.39, 0.29) is 23.6 Å². The molecule has 0 saturated carbocycles. The summed E-state index contributed by atoms with van der Waals surface area (Å²) in [6.07, 6.45) is 8.33. The van der Waals surface area contributed by atoms with Crippen LogP contribution in [0.5, 0.6) is 11.5 Å². The van der Waals surface area contributed by atoms with Crippen LogP contribution in [0.25, 0.3) is 0 Å². The van der Waals surface area contributed by atoms with Crippen LogP contribution in [-0.2, 0) is 26.2 Å². The van der Waals surface area contributed by atoms with E-state index in [1.807, 2.05) is 24.3 Å². The van der Waals surface area contributed by atoms with Crippen LogP contribution in [0.15, 0.2) is 36.4 Å². The summed E-state index contributed by atoms with van der Waals surface area (Å²) in [6.45, 7) is 0.444. The molecule has 25 heavy (non-hydrogen) atoms. The number of ether oxygens (including phenoxy) is 3. The van der Waals surface area contributed by atoms with Crippen molar-refractivity contribution in [3.05, 3.63) is 47.6 Å². The van der Waals surface area contributed by atoms with E-state index < -0.39 is 5.41 Å². The summed E-state index contributed by atoms with van der Waals surface area (Å²) >= 11 is 0. The first-order valence-electron chi connectivity index (χ1n) is 8.41. The average Bonchev–Trinajstić information content (AvgIpc) is 2.89. The Kier molecular flexibility index (Phi) is 3.67. The minimum absolute atomic E-state index is 0.0394. The van der Waals surface area contributed by atoms with Gasteiger partial charge < -0.3 is 14.2 Å². The standard InChI is InChI=1S/C20H20O5/c1-23-17-8-12-7-13-11-25-19(22)15(13)10-20(5-3-14(21)4-6-20)16(12)9-18(17)24-2/h3-6,8-9,13,15H,7,10-11H2,1-2H3/t13-,15+/m0/s1. The van der Waals surface area contributed by atoms with Gasteiger partial charge in [-0.15, -0.1) is 0 Å². The number of rotatable bonds is 2. The molecule has 1 heterocycles. The number of esters is 1. The summed E-state index contributed by atoms with van der Waals surface area (Å²) < 4.78 is 16.3. The Morgan fingerprint density at radius 2 is 1.76 bits per heavy atom. The molecule has 2 atom stereocenters.